The van der Waals surface area contributed by atoms with Gasteiger partial charge in [0.2, 0.25) is 0 Å². The summed E-state index contributed by atoms with van der Waals surface area (Å²) in [5.74, 6) is -1.16. The monoisotopic (exact) mass is 528 g/mol. The molecule has 0 unspecified atom stereocenters. The summed E-state index contributed by atoms with van der Waals surface area (Å²) in [6.45, 7) is -0.832. The largest absolute Gasteiger partial charge is 0.394 e. The van der Waals surface area contributed by atoms with Crippen molar-refractivity contribution in [3.05, 3.63) is 50.4 Å². The van der Waals surface area contributed by atoms with E-state index in [1.165, 1.54) is 24.5 Å². The van der Waals surface area contributed by atoms with Crippen molar-refractivity contribution < 1.29 is 24.2 Å². The summed E-state index contributed by atoms with van der Waals surface area (Å²) in [5.41, 5.74) is 2.87. The number of hydrogen-bond donors (Lipinski definition) is 4. The molecule has 0 saturated carbocycles. The molecule has 0 aliphatic heterocycles. The first-order chi connectivity index (χ1) is 13.9. The second kappa shape index (κ2) is 9.42. The molecule has 0 fully saturated rings. The Kier molecular flexibility index (Phi) is 6.93. The van der Waals surface area contributed by atoms with Crippen molar-refractivity contribution in [3.8, 4) is 6.07 Å². The number of anilines is 2. The second-order valence-corrected chi connectivity index (χ2v) is 8.08. The molecule has 2 aromatic heterocycles. The number of nitrogens with one attached hydrogen (secondary N) is 2. The molecule has 1 atom stereocenters. The predicted molar refractivity (Wildman–Crippen MR) is 113 cm³/mol. The topological polar surface area (TPSA) is 128 Å². The highest BCUT2D eigenvalue weighted by molar-refractivity contribution is 14.1. The van der Waals surface area contributed by atoms with E-state index in [-0.39, 0.29) is 28.4 Å². The van der Waals surface area contributed by atoms with Crippen molar-refractivity contribution >= 4 is 61.3 Å². The van der Waals surface area contributed by atoms with Gasteiger partial charge in [-0.1, -0.05) is 0 Å². The van der Waals surface area contributed by atoms with Gasteiger partial charge in [0.1, 0.15) is 29.5 Å². The maximum Gasteiger partial charge on any atom is 0.287 e. The summed E-state index contributed by atoms with van der Waals surface area (Å²) >= 11 is 3.01. The summed E-state index contributed by atoms with van der Waals surface area (Å²) in [6.07, 6.45) is 1.71. The predicted octanol–water partition coefficient (Wildman–Crippen LogP) is 2.67. The average Bonchev–Trinajstić information content (AvgIpc) is 3.08. The Labute approximate surface area is 182 Å². The van der Waals surface area contributed by atoms with Crippen molar-refractivity contribution in [1.82, 2.24) is 10.5 Å². The number of aromatic nitrogens is 1. The van der Waals surface area contributed by atoms with Gasteiger partial charge in [-0.3, -0.25) is 14.6 Å². The zero-order valence-electron chi connectivity index (χ0n) is 14.6. The van der Waals surface area contributed by atoms with E-state index in [2.05, 4.69) is 15.8 Å². The molecule has 2 heterocycles. The van der Waals surface area contributed by atoms with Crippen LogP contribution in [0.25, 0.3) is 10.1 Å². The molecule has 0 aliphatic carbocycles. The van der Waals surface area contributed by atoms with Crippen LogP contribution in [0.3, 0.4) is 0 Å². The van der Waals surface area contributed by atoms with E-state index >= 15 is 0 Å². The Hall–Kier alpha value is -2.37. The summed E-state index contributed by atoms with van der Waals surface area (Å²) in [7, 11) is 0. The number of thiophene rings is 1. The minimum absolute atomic E-state index is 0.140. The molecule has 0 spiro atoms. The average molecular weight is 528 g/mol. The number of nitriles is 1. The van der Waals surface area contributed by atoms with E-state index in [4.69, 9.17) is 9.94 Å². The quantitative estimate of drug-likeness (QED) is 0.274. The van der Waals surface area contributed by atoms with Crippen LogP contribution in [-0.2, 0) is 4.84 Å². The lowest BCUT2D eigenvalue weighted by Gasteiger charge is -2.11. The van der Waals surface area contributed by atoms with Gasteiger partial charge >= 0.3 is 0 Å². The number of benzene rings is 1. The number of aliphatic hydroxyl groups excluding tert-OH is 2. The minimum Gasteiger partial charge on any atom is -0.394 e. The molecule has 8 nitrogen and oxygen atoms in total. The zero-order valence-corrected chi connectivity index (χ0v) is 17.6. The molecule has 3 aromatic rings. The first kappa shape index (κ1) is 21.3. The van der Waals surface area contributed by atoms with Crippen molar-refractivity contribution in [2.45, 2.75) is 6.10 Å². The van der Waals surface area contributed by atoms with Gasteiger partial charge in [0.15, 0.2) is 0 Å². The summed E-state index contributed by atoms with van der Waals surface area (Å²) in [5, 5.41) is 30.8. The standard InChI is InChI=1S/C18H14FIN4O4S/c19-13-3-10(20)1-2-14(13)23-15-12-6-22-5-9(4-21)16(12)29-17(15)18(27)24-28-8-11(26)7-25/h1-3,5-6,11,23,25-26H,7-8H2,(H,24,27)/t11-/m1/s1. The van der Waals surface area contributed by atoms with E-state index in [1.54, 1.807) is 6.07 Å². The van der Waals surface area contributed by atoms with Crippen LogP contribution in [0.1, 0.15) is 15.2 Å². The molecule has 4 N–H and O–H groups in total. The lowest BCUT2D eigenvalue weighted by atomic mass is 10.2. The third-order valence-corrected chi connectivity index (χ3v) is 5.67. The Morgan fingerprint density at radius 2 is 2.24 bits per heavy atom. The van der Waals surface area contributed by atoms with Gasteiger partial charge in [-0.25, -0.2) is 9.87 Å². The van der Waals surface area contributed by atoms with Gasteiger partial charge < -0.3 is 15.5 Å². The van der Waals surface area contributed by atoms with Crippen molar-refractivity contribution in [1.29, 1.82) is 5.26 Å². The fourth-order valence-electron chi connectivity index (χ4n) is 2.40. The van der Waals surface area contributed by atoms with Crippen LogP contribution in [0.2, 0.25) is 0 Å². The van der Waals surface area contributed by atoms with Gasteiger partial charge in [-0.15, -0.1) is 11.3 Å². The van der Waals surface area contributed by atoms with Gasteiger partial charge in [0.05, 0.1) is 28.2 Å². The number of carbonyl (C=O) groups excluding carboxylic acids is 1. The highest BCUT2D eigenvalue weighted by Gasteiger charge is 2.22. The zero-order chi connectivity index (χ0) is 21.0. The number of pyridine rings is 1. The number of fused-ring (bicyclic) bond motifs is 1. The molecule has 150 valence electrons. The van der Waals surface area contributed by atoms with Gasteiger partial charge in [0.25, 0.3) is 5.91 Å². The smallest absolute Gasteiger partial charge is 0.287 e. The van der Waals surface area contributed by atoms with E-state index in [9.17, 15) is 19.6 Å². The van der Waals surface area contributed by atoms with E-state index in [1.807, 2.05) is 28.7 Å². The Morgan fingerprint density at radius 1 is 1.45 bits per heavy atom. The van der Waals surface area contributed by atoms with Crippen LogP contribution in [0, 0.1) is 20.7 Å². The van der Waals surface area contributed by atoms with E-state index in [0.29, 0.717) is 13.7 Å². The Balaban J connectivity index is 2.00. The Morgan fingerprint density at radius 3 is 2.93 bits per heavy atom. The molecular formula is C18H14FIN4O4S. The van der Waals surface area contributed by atoms with Gasteiger partial charge in [-0.2, -0.15) is 5.26 Å². The van der Waals surface area contributed by atoms with Crippen molar-refractivity contribution in [3.63, 3.8) is 0 Å². The molecular weight excluding hydrogens is 514 g/mol. The normalized spacial score (nSPS) is 11.8. The molecule has 0 saturated heterocycles. The van der Waals surface area contributed by atoms with E-state index < -0.39 is 24.4 Å². The van der Waals surface area contributed by atoms with Gasteiger partial charge in [-0.05, 0) is 40.8 Å². The summed E-state index contributed by atoms with van der Waals surface area (Å²) in [6, 6.07) is 6.61. The fourth-order valence-corrected chi connectivity index (χ4v) is 3.93. The molecule has 1 aromatic carbocycles. The highest BCUT2D eigenvalue weighted by atomic mass is 127. The first-order valence-electron chi connectivity index (χ1n) is 8.18. The molecule has 29 heavy (non-hydrogen) atoms. The van der Waals surface area contributed by atoms with Crippen molar-refractivity contribution in [2.75, 3.05) is 18.5 Å². The number of carbonyl (C=O) groups is 1. The highest BCUT2D eigenvalue weighted by Crippen LogP contribution is 2.39. The van der Waals surface area contributed by atoms with Crippen LogP contribution in [0.15, 0.2) is 30.6 Å². The molecule has 0 radical (unpaired) electrons. The first-order valence-corrected chi connectivity index (χ1v) is 10.1. The molecule has 0 bridgehead atoms. The minimum atomic E-state index is -1.15. The number of nitrogens with zero attached hydrogens (tertiary/aromatic N) is 2. The molecule has 11 heteroatoms. The number of aliphatic hydroxyl groups is 2. The molecule has 3 rings (SSSR count). The van der Waals surface area contributed by atoms with Crippen LogP contribution < -0.4 is 10.8 Å². The van der Waals surface area contributed by atoms with Crippen LogP contribution >= 0.6 is 33.9 Å². The fraction of sp³-hybridized carbons (Fsp3) is 0.167. The number of amides is 1. The maximum atomic E-state index is 14.3. The third-order valence-electron chi connectivity index (χ3n) is 3.77. The molecule has 0 aliphatic rings. The number of hydroxylamine groups is 1. The SMILES string of the molecule is N#Cc1cncc2c(Nc3ccc(I)cc3F)c(C(=O)NOC[C@H](O)CO)sc12. The maximum absolute atomic E-state index is 14.3. The lowest BCUT2D eigenvalue weighted by molar-refractivity contribution is -0.0293. The Bertz CT molecular complexity index is 1100. The summed E-state index contributed by atoms with van der Waals surface area (Å²) in [4.78, 5) is 21.7. The van der Waals surface area contributed by atoms with Crippen molar-refractivity contribution in [2.24, 2.45) is 0 Å². The number of hydrogen-bond acceptors (Lipinski definition) is 8. The van der Waals surface area contributed by atoms with E-state index in [0.717, 1.165) is 11.3 Å². The lowest BCUT2D eigenvalue weighted by Crippen LogP contribution is -2.29. The van der Waals surface area contributed by atoms with Gasteiger partial charge in [0, 0.05) is 21.4 Å². The van der Waals surface area contributed by atoms with Crippen LogP contribution in [-0.4, -0.2) is 40.4 Å². The second-order valence-electron chi connectivity index (χ2n) is 5.81. The van der Waals surface area contributed by atoms with Crippen LogP contribution in [0.4, 0.5) is 15.8 Å². The van der Waals surface area contributed by atoms with Crippen LogP contribution in [0.5, 0.6) is 0 Å². The molecule has 1 amide bonds. The summed E-state index contributed by atoms with van der Waals surface area (Å²) < 4.78 is 15.6. The third kappa shape index (κ3) is 4.80. The number of halogens is 2. The number of rotatable bonds is 7.